The van der Waals surface area contributed by atoms with Crippen molar-refractivity contribution in [3.63, 3.8) is 0 Å². The molecule has 0 saturated carbocycles. The molecule has 0 bridgehead atoms. The largest absolute Gasteiger partial charge is 0.504 e. The lowest BCUT2D eigenvalue weighted by atomic mass is 10.2. The van der Waals surface area contributed by atoms with Crippen LogP contribution in [0.5, 0.6) is 5.75 Å². The van der Waals surface area contributed by atoms with Crippen molar-refractivity contribution in [3.05, 3.63) is 56.5 Å². The van der Waals surface area contributed by atoms with Gasteiger partial charge in [-0.3, -0.25) is 14.0 Å². The van der Waals surface area contributed by atoms with Gasteiger partial charge in [0.15, 0.2) is 11.4 Å². The van der Waals surface area contributed by atoms with Crippen LogP contribution < -0.4 is 5.56 Å². The Labute approximate surface area is 148 Å². The van der Waals surface area contributed by atoms with Crippen LogP contribution in [0.4, 0.5) is 0 Å². The van der Waals surface area contributed by atoms with Crippen molar-refractivity contribution in [3.8, 4) is 5.75 Å². The first kappa shape index (κ1) is 17.1. The van der Waals surface area contributed by atoms with Crippen molar-refractivity contribution in [2.24, 2.45) is 0 Å². The van der Waals surface area contributed by atoms with E-state index in [0.29, 0.717) is 12.5 Å². The highest BCUT2D eigenvalue weighted by molar-refractivity contribution is 7.09. The number of carbonyl (C=O) groups is 1. The quantitative estimate of drug-likeness (QED) is 0.773. The van der Waals surface area contributed by atoms with Crippen molar-refractivity contribution >= 4 is 22.9 Å². The number of aromatic hydroxyl groups is 1. The molecule has 0 radical (unpaired) electrons. The minimum atomic E-state index is -0.515. The fraction of sp³-hybridized carbons (Fsp3) is 0.294. The molecule has 1 amide bonds. The van der Waals surface area contributed by atoms with Gasteiger partial charge in [0, 0.05) is 30.7 Å². The van der Waals surface area contributed by atoms with Crippen molar-refractivity contribution in [1.29, 1.82) is 0 Å². The van der Waals surface area contributed by atoms with Gasteiger partial charge < -0.3 is 10.0 Å². The summed E-state index contributed by atoms with van der Waals surface area (Å²) in [5, 5.41) is 12.7. The molecule has 0 aliphatic carbocycles. The third-order valence-electron chi connectivity index (χ3n) is 3.75. The first-order valence-electron chi connectivity index (χ1n) is 7.77. The monoisotopic (exact) mass is 358 g/mol. The summed E-state index contributed by atoms with van der Waals surface area (Å²) in [5.41, 5.74) is 0.340. The second kappa shape index (κ2) is 6.64. The third-order valence-corrected chi connectivity index (χ3v) is 4.95. The van der Waals surface area contributed by atoms with E-state index in [1.165, 1.54) is 29.4 Å². The molecule has 0 saturated heterocycles. The normalized spacial score (nSPS) is 11.2. The van der Waals surface area contributed by atoms with Gasteiger partial charge in [0.05, 0.1) is 17.2 Å². The fourth-order valence-electron chi connectivity index (χ4n) is 2.42. The molecule has 3 aromatic heterocycles. The number of nitrogens with zero attached hydrogens (tertiary/aromatic N) is 4. The highest BCUT2D eigenvalue weighted by Crippen LogP contribution is 2.20. The Kier molecular flexibility index (Phi) is 4.54. The first-order chi connectivity index (χ1) is 11.9. The number of rotatable bonds is 4. The van der Waals surface area contributed by atoms with Gasteiger partial charge in [-0.25, -0.2) is 9.97 Å². The van der Waals surface area contributed by atoms with Crippen LogP contribution in [0, 0.1) is 0 Å². The molecule has 130 valence electrons. The van der Waals surface area contributed by atoms with Crippen LogP contribution in [0.15, 0.2) is 34.7 Å². The number of hydrogen-bond acceptors (Lipinski definition) is 6. The molecule has 0 aliphatic heterocycles. The molecular weight excluding hydrogens is 340 g/mol. The smallest absolute Gasteiger partial charge is 0.270 e. The van der Waals surface area contributed by atoms with Gasteiger partial charge in [-0.05, 0) is 12.1 Å². The highest BCUT2D eigenvalue weighted by Gasteiger charge is 2.19. The van der Waals surface area contributed by atoms with E-state index >= 15 is 0 Å². The second-order valence-electron chi connectivity index (χ2n) is 6.06. The summed E-state index contributed by atoms with van der Waals surface area (Å²) >= 11 is 1.56. The molecule has 0 unspecified atom stereocenters. The molecule has 3 aromatic rings. The molecule has 0 fully saturated rings. The maximum absolute atomic E-state index is 12.6. The first-order valence-corrected chi connectivity index (χ1v) is 8.65. The third kappa shape index (κ3) is 3.25. The highest BCUT2D eigenvalue weighted by atomic mass is 32.1. The van der Waals surface area contributed by atoms with Crippen LogP contribution in [0.1, 0.15) is 40.8 Å². The van der Waals surface area contributed by atoms with Crippen molar-refractivity contribution in [2.75, 3.05) is 7.05 Å². The number of fused-ring (bicyclic) bond motifs is 1. The predicted octanol–water partition coefficient (Wildman–Crippen LogP) is 2.25. The van der Waals surface area contributed by atoms with Gasteiger partial charge in [0.25, 0.3) is 11.5 Å². The Morgan fingerprint density at radius 3 is 2.88 bits per heavy atom. The Hall–Kier alpha value is -2.74. The van der Waals surface area contributed by atoms with Gasteiger partial charge in [-0.2, -0.15) is 0 Å². The maximum atomic E-state index is 12.6. The van der Waals surface area contributed by atoms with Crippen LogP contribution in [0.25, 0.3) is 5.65 Å². The topological polar surface area (TPSA) is 87.8 Å². The van der Waals surface area contributed by atoms with E-state index in [4.69, 9.17) is 0 Å². The van der Waals surface area contributed by atoms with Crippen molar-refractivity contribution < 1.29 is 9.90 Å². The van der Waals surface area contributed by atoms with Crippen LogP contribution in [-0.4, -0.2) is 37.3 Å². The lowest BCUT2D eigenvalue weighted by Gasteiger charge is -2.15. The summed E-state index contributed by atoms with van der Waals surface area (Å²) in [6.07, 6.45) is 2.67. The predicted molar refractivity (Wildman–Crippen MR) is 95.1 cm³/mol. The summed E-state index contributed by atoms with van der Waals surface area (Å²) in [5.74, 6) is -0.216. The van der Waals surface area contributed by atoms with Gasteiger partial charge >= 0.3 is 0 Å². The van der Waals surface area contributed by atoms with E-state index in [1.54, 1.807) is 18.4 Å². The number of aromatic nitrogens is 3. The van der Waals surface area contributed by atoms with E-state index in [0.717, 1.165) is 15.1 Å². The molecule has 1 N–H and O–H groups in total. The van der Waals surface area contributed by atoms with Crippen LogP contribution in [0.3, 0.4) is 0 Å². The average molecular weight is 358 g/mol. The minimum absolute atomic E-state index is 0.0510. The van der Waals surface area contributed by atoms with Crippen molar-refractivity contribution in [1.82, 2.24) is 19.3 Å². The minimum Gasteiger partial charge on any atom is -0.504 e. The maximum Gasteiger partial charge on any atom is 0.270 e. The molecule has 3 rings (SSSR count). The summed E-state index contributed by atoms with van der Waals surface area (Å²) in [6.45, 7) is 4.44. The van der Waals surface area contributed by atoms with Gasteiger partial charge in [0.2, 0.25) is 0 Å². The van der Waals surface area contributed by atoms with Crippen LogP contribution >= 0.6 is 11.3 Å². The summed E-state index contributed by atoms with van der Waals surface area (Å²) in [4.78, 5) is 35.1. The van der Waals surface area contributed by atoms with E-state index in [-0.39, 0.29) is 17.0 Å². The number of thiazole rings is 1. The zero-order valence-electron chi connectivity index (χ0n) is 14.1. The van der Waals surface area contributed by atoms with E-state index in [2.05, 4.69) is 23.8 Å². The number of hydrogen-bond donors (Lipinski definition) is 1. The zero-order chi connectivity index (χ0) is 18.1. The fourth-order valence-corrected chi connectivity index (χ4v) is 3.25. The van der Waals surface area contributed by atoms with Crippen LogP contribution in [0.2, 0.25) is 0 Å². The lowest BCUT2D eigenvalue weighted by Crippen LogP contribution is -2.33. The number of amides is 1. The summed E-state index contributed by atoms with van der Waals surface area (Å²) in [6, 6.07) is 2.95. The van der Waals surface area contributed by atoms with E-state index in [9.17, 15) is 14.7 Å². The Balaban J connectivity index is 1.88. The summed E-state index contributed by atoms with van der Waals surface area (Å²) < 4.78 is 1.16. The van der Waals surface area contributed by atoms with Crippen LogP contribution in [-0.2, 0) is 6.54 Å². The van der Waals surface area contributed by atoms with Gasteiger partial charge in [-0.1, -0.05) is 13.8 Å². The van der Waals surface area contributed by atoms with Gasteiger partial charge in [0.1, 0.15) is 5.56 Å². The SMILES string of the molecule is CC(C)c1nc(CN(C)C(=O)c2cnc3c(O)cccn3c2=O)cs1. The average Bonchev–Trinajstić information content (AvgIpc) is 3.04. The second-order valence-corrected chi connectivity index (χ2v) is 6.95. The Morgan fingerprint density at radius 1 is 1.44 bits per heavy atom. The molecule has 0 aromatic carbocycles. The van der Waals surface area contributed by atoms with Crippen molar-refractivity contribution in [2.45, 2.75) is 26.3 Å². The molecule has 0 spiro atoms. The molecule has 3 heterocycles. The number of pyridine rings is 1. The molecule has 7 nitrogen and oxygen atoms in total. The Morgan fingerprint density at radius 2 is 2.20 bits per heavy atom. The summed E-state index contributed by atoms with van der Waals surface area (Å²) in [7, 11) is 1.62. The van der Waals surface area contributed by atoms with E-state index < -0.39 is 11.5 Å². The van der Waals surface area contributed by atoms with Gasteiger partial charge in [-0.15, -0.1) is 11.3 Å². The molecule has 0 aliphatic rings. The molecule has 0 atom stereocenters. The number of carbonyl (C=O) groups excluding carboxylic acids is 1. The molecule has 8 heteroatoms. The Bertz CT molecular complexity index is 993. The van der Waals surface area contributed by atoms with E-state index in [1.807, 2.05) is 5.38 Å². The lowest BCUT2D eigenvalue weighted by molar-refractivity contribution is 0.0781. The standard InChI is InChI=1S/C17H18N4O3S/c1-10(2)15-19-11(9-25-15)8-20(3)16(23)12-7-18-14-13(22)5-4-6-21(14)17(12)24/h4-7,9-10,22H,8H2,1-3H3. The molecular formula is C17H18N4O3S. The zero-order valence-corrected chi connectivity index (χ0v) is 14.9. The molecule has 25 heavy (non-hydrogen) atoms.